The molecule has 0 amide bonds. The van der Waals surface area contributed by atoms with Gasteiger partial charge in [-0.25, -0.2) is 4.98 Å². The fourth-order valence-electron chi connectivity index (χ4n) is 2.12. The largest absolute Gasteiger partial charge is 0.368 e. The molecule has 0 bridgehead atoms. The quantitative estimate of drug-likeness (QED) is 0.828. The molecule has 18 heavy (non-hydrogen) atoms. The molecule has 2 N–H and O–H groups in total. The minimum absolute atomic E-state index is 0.239. The number of anilines is 2. The molecule has 2 aromatic heterocycles. The van der Waals surface area contributed by atoms with Crippen molar-refractivity contribution in [3.63, 3.8) is 0 Å². The normalized spacial score (nSPS) is 19.4. The second kappa shape index (κ2) is 4.25. The Kier molecular flexibility index (Phi) is 2.58. The van der Waals surface area contributed by atoms with Crippen LogP contribution in [0.25, 0.3) is 5.95 Å². The maximum absolute atomic E-state index is 5.75. The first kappa shape index (κ1) is 10.9. The van der Waals surface area contributed by atoms with Crippen LogP contribution in [0.4, 0.5) is 11.9 Å². The molecule has 1 aliphatic heterocycles. The highest BCUT2D eigenvalue weighted by Crippen LogP contribution is 2.21. The minimum Gasteiger partial charge on any atom is -0.368 e. The average molecular weight is 245 g/mol. The molecule has 1 atom stereocenters. The van der Waals surface area contributed by atoms with Gasteiger partial charge in [0, 0.05) is 25.5 Å². The summed E-state index contributed by atoms with van der Waals surface area (Å²) in [6.45, 7) is 4.15. The molecule has 1 saturated heterocycles. The molecule has 0 aromatic carbocycles. The standard InChI is InChI=1S/C11H15N7/c1-8-2-4-17(6-8)10-14-9(12)15-11(16-10)18-5-3-13-7-18/h3,5,7-8H,2,4,6H2,1H3,(H2,12,14,15,16). The third-order valence-corrected chi connectivity index (χ3v) is 3.07. The summed E-state index contributed by atoms with van der Waals surface area (Å²) in [4.78, 5) is 18.9. The van der Waals surface area contributed by atoms with Crippen LogP contribution >= 0.6 is 0 Å². The number of imidazole rings is 1. The van der Waals surface area contributed by atoms with Crippen molar-refractivity contribution in [2.45, 2.75) is 13.3 Å². The monoisotopic (exact) mass is 245 g/mol. The first-order valence-electron chi connectivity index (χ1n) is 5.97. The summed E-state index contributed by atoms with van der Waals surface area (Å²) in [5.41, 5.74) is 5.75. The van der Waals surface area contributed by atoms with E-state index in [1.165, 1.54) is 0 Å². The molecule has 94 valence electrons. The van der Waals surface area contributed by atoms with Gasteiger partial charge in [-0.2, -0.15) is 15.0 Å². The molecule has 3 heterocycles. The second-order valence-corrected chi connectivity index (χ2v) is 4.60. The Morgan fingerprint density at radius 1 is 1.28 bits per heavy atom. The van der Waals surface area contributed by atoms with Crippen molar-refractivity contribution in [2.24, 2.45) is 5.92 Å². The third-order valence-electron chi connectivity index (χ3n) is 3.07. The molecule has 1 fully saturated rings. The minimum atomic E-state index is 0.239. The highest BCUT2D eigenvalue weighted by molar-refractivity contribution is 5.38. The van der Waals surface area contributed by atoms with Gasteiger partial charge < -0.3 is 10.6 Å². The van der Waals surface area contributed by atoms with E-state index in [2.05, 4.69) is 31.8 Å². The third kappa shape index (κ3) is 1.99. The van der Waals surface area contributed by atoms with E-state index in [0.29, 0.717) is 17.8 Å². The zero-order valence-corrected chi connectivity index (χ0v) is 10.2. The van der Waals surface area contributed by atoms with Crippen LogP contribution in [0.2, 0.25) is 0 Å². The Hall–Kier alpha value is -2.18. The predicted molar refractivity (Wildman–Crippen MR) is 67.4 cm³/mol. The Bertz CT molecular complexity index is 536. The van der Waals surface area contributed by atoms with Crippen molar-refractivity contribution in [1.29, 1.82) is 0 Å². The van der Waals surface area contributed by atoms with Gasteiger partial charge in [0.1, 0.15) is 6.33 Å². The van der Waals surface area contributed by atoms with Crippen molar-refractivity contribution in [3.8, 4) is 5.95 Å². The Labute approximate surface area is 105 Å². The van der Waals surface area contributed by atoms with Crippen molar-refractivity contribution in [1.82, 2.24) is 24.5 Å². The summed E-state index contributed by atoms with van der Waals surface area (Å²) < 4.78 is 1.72. The molecule has 0 aliphatic carbocycles. The summed E-state index contributed by atoms with van der Waals surface area (Å²) in [6.07, 6.45) is 6.26. The highest BCUT2D eigenvalue weighted by atomic mass is 15.3. The number of rotatable bonds is 2. The average Bonchev–Trinajstić information content (AvgIpc) is 2.98. The van der Waals surface area contributed by atoms with E-state index in [-0.39, 0.29) is 5.95 Å². The van der Waals surface area contributed by atoms with E-state index in [9.17, 15) is 0 Å². The van der Waals surface area contributed by atoms with Gasteiger partial charge in [-0.1, -0.05) is 6.92 Å². The summed E-state index contributed by atoms with van der Waals surface area (Å²) in [5, 5.41) is 0. The fourth-order valence-corrected chi connectivity index (χ4v) is 2.12. The summed E-state index contributed by atoms with van der Waals surface area (Å²) >= 11 is 0. The molecule has 1 unspecified atom stereocenters. The smallest absolute Gasteiger partial charge is 0.241 e. The summed E-state index contributed by atoms with van der Waals surface area (Å²) in [5.74, 6) is 2.06. The number of aromatic nitrogens is 5. The van der Waals surface area contributed by atoms with E-state index in [4.69, 9.17) is 5.73 Å². The van der Waals surface area contributed by atoms with E-state index in [0.717, 1.165) is 19.5 Å². The van der Waals surface area contributed by atoms with Crippen LogP contribution < -0.4 is 10.6 Å². The van der Waals surface area contributed by atoms with E-state index < -0.39 is 0 Å². The van der Waals surface area contributed by atoms with Gasteiger partial charge in [-0.15, -0.1) is 0 Å². The van der Waals surface area contributed by atoms with Crippen molar-refractivity contribution in [3.05, 3.63) is 18.7 Å². The van der Waals surface area contributed by atoms with Crippen molar-refractivity contribution >= 4 is 11.9 Å². The molecular formula is C11H15N7. The van der Waals surface area contributed by atoms with Gasteiger partial charge in [0.2, 0.25) is 17.8 Å². The van der Waals surface area contributed by atoms with Crippen molar-refractivity contribution < 1.29 is 0 Å². The van der Waals surface area contributed by atoms with E-state index >= 15 is 0 Å². The zero-order chi connectivity index (χ0) is 12.5. The molecule has 2 aromatic rings. The molecule has 0 spiro atoms. The van der Waals surface area contributed by atoms with Crippen LogP contribution in [0.15, 0.2) is 18.7 Å². The molecule has 3 rings (SSSR count). The molecular weight excluding hydrogens is 230 g/mol. The SMILES string of the molecule is CC1CCN(c2nc(N)nc(-n3ccnc3)n2)C1. The molecule has 0 saturated carbocycles. The lowest BCUT2D eigenvalue weighted by Gasteiger charge is -2.16. The number of hydrogen-bond acceptors (Lipinski definition) is 6. The summed E-state index contributed by atoms with van der Waals surface area (Å²) in [7, 11) is 0. The van der Waals surface area contributed by atoms with Gasteiger partial charge in [0.05, 0.1) is 0 Å². The van der Waals surface area contributed by atoms with Gasteiger partial charge >= 0.3 is 0 Å². The lowest BCUT2D eigenvalue weighted by atomic mass is 10.2. The second-order valence-electron chi connectivity index (χ2n) is 4.60. The fraction of sp³-hybridized carbons (Fsp3) is 0.455. The van der Waals surface area contributed by atoms with Crippen LogP contribution in [-0.4, -0.2) is 37.6 Å². The predicted octanol–water partition coefficient (Wildman–Crippen LogP) is 0.486. The number of hydrogen-bond donors (Lipinski definition) is 1. The topological polar surface area (TPSA) is 85.8 Å². The summed E-state index contributed by atoms with van der Waals surface area (Å²) in [6, 6.07) is 0. The highest BCUT2D eigenvalue weighted by Gasteiger charge is 2.22. The lowest BCUT2D eigenvalue weighted by Crippen LogP contribution is -2.23. The van der Waals surface area contributed by atoms with Gasteiger partial charge in [-0.3, -0.25) is 4.57 Å². The molecule has 0 radical (unpaired) electrons. The number of nitrogen functional groups attached to an aromatic ring is 1. The zero-order valence-electron chi connectivity index (χ0n) is 10.2. The van der Waals surface area contributed by atoms with Crippen LogP contribution in [0, 0.1) is 5.92 Å². The van der Waals surface area contributed by atoms with Crippen LogP contribution in [-0.2, 0) is 0 Å². The Balaban J connectivity index is 1.96. The Morgan fingerprint density at radius 2 is 2.11 bits per heavy atom. The number of nitrogens with two attached hydrogens (primary N) is 1. The Morgan fingerprint density at radius 3 is 2.78 bits per heavy atom. The van der Waals surface area contributed by atoms with E-state index in [1.807, 2.05) is 0 Å². The van der Waals surface area contributed by atoms with E-state index in [1.54, 1.807) is 23.3 Å². The van der Waals surface area contributed by atoms with Crippen LogP contribution in [0.1, 0.15) is 13.3 Å². The maximum atomic E-state index is 5.75. The lowest BCUT2D eigenvalue weighted by molar-refractivity contribution is 0.657. The van der Waals surface area contributed by atoms with Crippen molar-refractivity contribution in [2.75, 3.05) is 23.7 Å². The number of nitrogens with zero attached hydrogens (tertiary/aromatic N) is 6. The van der Waals surface area contributed by atoms with Gasteiger partial charge in [0.15, 0.2) is 0 Å². The first-order chi connectivity index (χ1) is 8.72. The van der Waals surface area contributed by atoms with Crippen LogP contribution in [0.5, 0.6) is 0 Å². The van der Waals surface area contributed by atoms with Gasteiger partial charge in [0.25, 0.3) is 0 Å². The molecule has 7 heteroatoms. The molecule has 1 aliphatic rings. The molecule has 7 nitrogen and oxygen atoms in total. The van der Waals surface area contributed by atoms with Crippen LogP contribution in [0.3, 0.4) is 0 Å². The maximum Gasteiger partial charge on any atom is 0.241 e. The van der Waals surface area contributed by atoms with Gasteiger partial charge in [-0.05, 0) is 12.3 Å². The first-order valence-corrected chi connectivity index (χ1v) is 5.97.